The fourth-order valence-corrected chi connectivity index (χ4v) is 1.63. The van der Waals surface area contributed by atoms with Crippen molar-refractivity contribution in [1.82, 2.24) is 29.9 Å². The van der Waals surface area contributed by atoms with Crippen molar-refractivity contribution in [2.45, 2.75) is 26.3 Å². The summed E-state index contributed by atoms with van der Waals surface area (Å²) in [6, 6.07) is 1.09. The van der Waals surface area contributed by atoms with E-state index in [0.29, 0.717) is 11.6 Å². The van der Waals surface area contributed by atoms with E-state index >= 15 is 0 Å². The minimum Gasteiger partial charge on any atom is -0.347 e. The molecule has 0 aromatic carbocycles. The summed E-state index contributed by atoms with van der Waals surface area (Å²) < 4.78 is 1.45. The molecule has 10 nitrogen and oxygen atoms in total. The molecule has 0 aliphatic carbocycles. The Labute approximate surface area is 133 Å². The van der Waals surface area contributed by atoms with Crippen LogP contribution in [-0.2, 0) is 11.3 Å². The van der Waals surface area contributed by atoms with Crippen LogP contribution in [0.2, 0.25) is 0 Å². The first-order valence-corrected chi connectivity index (χ1v) is 7.09. The van der Waals surface area contributed by atoms with E-state index in [-0.39, 0.29) is 24.3 Å². The average molecular weight is 320 g/mol. The number of amides is 3. The number of carbonyl (C=O) groups is 2. The minimum absolute atomic E-state index is 0.0916. The first-order valence-electron chi connectivity index (χ1n) is 7.09. The molecule has 0 fully saturated rings. The van der Waals surface area contributed by atoms with Crippen molar-refractivity contribution in [1.29, 1.82) is 0 Å². The second-order valence-corrected chi connectivity index (χ2v) is 5.46. The number of carbonyl (C=O) groups excluding carboxylic acids is 2. The summed E-state index contributed by atoms with van der Waals surface area (Å²) in [4.78, 5) is 29.1. The van der Waals surface area contributed by atoms with Gasteiger partial charge in [-0.1, -0.05) is 13.8 Å². The highest BCUT2D eigenvalue weighted by molar-refractivity contribution is 5.97. The van der Waals surface area contributed by atoms with E-state index in [1.807, 2.05) is 13.8 Å². The molecule has 3 N–H and O–H groups in total. The van der Waals surface area contributed by atoms with E-state index in [9.17, 15) is 9.59 Å². The van der Waals surface area contributed by atoms with Crippen molar-refractivity contribution >= 4 is 23.7 Å². The van der Waals surface area contributed by atoms with Gasteiger partial charge in [-0.15, -0.1) is 5.10 Å². The van der Waals surface area contributed by atoms with Crippen molar-refractivity contribution in [3.63, 3.8) is 0 Å². The van der Waals surface area contributed by atoms with Crippen LogP contribution in [0.5, 0.6) is 0 Å². The van der Waals surface area contributed by atoms with Gasteiger partial charge in [0, 0.05) is 32.3 Å². The second kappa shape index (κ2) is 6.90. The van der Waals surface area contributed by atoms with Gasteiger partial charge in [-0.05, 0) is 0 Å². The van der Waals surface area contributed by atoms with E-state index in [1.54, 1.807) is 26.4 Å². The monoisotopic (exact) mass is 320 g/mol. The van der Waals surface area contributed by atoms with Gasteiger partial charge in [-0.25, -0.2) is 4.79 Å². The highest BCUT2D eigenvalue weighted by Gasteiger charge is 2.11. The molecule has 10 heteroatoms. The largest absolute Gasteiger partial charge is 0.347 e. The summed E-state index contributed by atoms with van der Waals surface area (Å²) in [6.07, 6.45) is 1.61. The zero-order chi connectivity index (χ0) is 17.0. The molecule has 0 bridgehead atoms. The van der Waals surface area contributed by atoms with Crippen LogP contribution in [0.4, 0.5) is 16.6 Å². The number of nitrogens with zero attached hydrogens (tertiary/aromatic N) is 5. The number of hydrogen-bond acceptors (Lipinski definition) is 5. The highest BCUT2D eigenvalue weighted by Crippen LogP contribution is 2.10. The van der Waals surface area contributed by atoms with Crippen LogP contribution in [0.3, 0.4) is 0 Å². The van der Waals surface area contributed by atoms with E-state index in [0.717, 1.165) is 0 Å². The zero-order valence-electron chi connectivity index (χ0n) is 13.5. The summed E-state index contributed by atoms with van der Waals surface area (Å²) in [5, 5.41) is 15.8. The van der Waals surface area contributed by atoms with Crippen molar-refractivity contribution in [3.05, 3.63) is 18.1 Å². The van der Waals surface area contributed by atoms with Crippen LogP contribution >= 0.6 is 0 Å². The number of urea groups is 1. The van der Waals surface area contributed by atoms with Gasteiger partial charge >= 0.3 is 6.03 Å². The molecule has 0 aliphatic heterocycles. The molecule has 0 spiro atoms. The van der Waals surface area contributed by atoms with Crippen molar-refractivity contribution < 1.29 is 9.59 Å². The third kappa shape index (κ3) is 4.53. The van der Waals surface area contributed by atoms with Gasteiger partial charge in [0.05, 0.1) is 0 Å². The van der Waals surface area contributed by atoms with Crippen LogP contribution in [0, 0.1) is 0 Å². The Bertz CT molecular complexity index is 688. The predicted molar refractivity (Wildman–Crippen MR) is 84.0 cm³/mol. The number of aromatic amines is 1. The van der Waals surface area contributed by atoms with Crippen molar-refractivity contribution in [2.75, 3.05) is 24.7 Å². The standard InChI is InChI=1S/C13H20N8O2/c1-8(2)11-15-12(18-17-11)16-13(23)14-9-5-6-21(19-9)7-10(22)20(3)4/h5-6,8H,7H2,1-4H3,(H3,14,15,16,17,18,19,23). The fourth-order valence-electron chi connectivity index (χ4n) is 1.63. The molecule has 0 saturated heterocycles. The lowest BCUT2D eigenvalue weighted by atomic mass is 10.2. The first-order chi connectivity index (χ1) is 10.8. The summed E-state index contributed by atoms with van der Waals surface area (Å²) >= 11 is 0. The van der Waals surface area contributed by atoms with E-state index in [2.05, 4.69) is 30.9 Å². The molecule has 2 rings (SSSR count). The Balaban J connectivity index is 1.90. The maximum atomic E-state index is 11.9. The van der Waals surface area contributed by atoms with E-state index in [1.165, 1.54) is 9.58 Å². The minimum atomic E-state index is -0.511. The maximum Gasteiger partial charge on any atom is 0.327 e. The Morgan fingerprint density at radius 1 is 1.35 bits per heavy atom. The molecular weight excluding hydrogens is 300 g/mol. The van der Waals surface area contributed by atoms with Gasteiger partial charge in [0.1, 0.15) is 12.4 Å². The number of rotatable bonds is 5. The number of H-pyrrole nitrogens is 1. The van der Waals surface area contributed by atoms with Gasteiger partial charge < -0.3 is 4.90 Å². The van der Waals surface area contributed by atoms with Crippen molar-refractivity contribution in [2.24, 2.45) is 0 Å². The summed E-state index contributed by atoms with van der Waals surface area (Å²) in [6.45, 7) is 4.03. The lowest BCUT2D eigenvalue weighted by molar-refractivity contribution is -0.129. The lowest BCUT2D eigenvalue weighted by Crippen LogP contribution is -2.26. The summed E-state index contributed by atoms with van der Waals surface area (Å²) in [5.74, 6) is 1.30. The smallest absolute Gasteiger partial charge is 0.327 e. The molecule has 23 heavy (non-hydrogen) atoms. The van der Waals surface area contributed by atoms with Crippen molar-refractivity contribution in [3.8, 4) is 0 Å². The molecular formula is C13H20N8O2. The molecule has 3 amide bonds. The number of aromatic nitrogens is 5. The Morgan fingerprint density at radius 3 is 2.70 bits per heavy atom. The fraction of sp³-hybridized carbons (Fsp3) is 0.462. The normalized spacial score (nSPS) is 10.7. The molecule has 0 unspecified atom stereocenters. The molecule has 124 valence electrons. The van der Waals surface area contributed by atoms with Gasteiger partial charge in [0.15, 0.2) is 5.82 Å². The Hall–Kier alpha value is -2.91. The number of anilines is 2. The first kappa shape index (κ1) is 16.5. The number of nitrogens with one attached hydrogen (secondary N) is 3. The van der Waals surface area contributed by atoms with E-state index in [4.69, 9.17) is 0 Å². The van der Waals surface area contributed by atoms with Crippen LogP contribution in [0.25, 0.3) is 0 Å². The van der Waals surface area contributed by atoms with Gasteiger partial charge in [0.2, 0.25) is 11.9 Å². The molecule has 0 aliphatic rings. The molecule has 2 aromatic rings. The summed E-state index contributed by atoms with van der Waals surface area (Å²) in [7, 11) is 3.33. The molecule has 0 saturated carbocycles. The molecule has 2 heterocycles. The SMILES string of the molecule is CC(C)c1nc(NC(=O)Nc2ccn(CC(=O)N(C)C)n2)n[nH]1. The Morgan fingerprint density at radius 2 is 2.09 bits per heavy atom. The van der Waals surface area contributed by atoms with Crippen LogP contribution in [0.1, 0.15) is 25.6 Å². The summed E-state index contributed by atoms with van der Waals surface area (Å²) in [5.41, 5.74) is 0. The quantitative estimate of drug-likeness (QED) is 0.754. The van der Waals surface area contributed by atoms with Crippen LogP contribution in [0.15, 0.2) is 12.3 Å². The molecule has 2 aromatic heterocycles. The van der Waals surface area contributed by atoms with Gasteiger partial charge in [-0.2, -0.15) is 10.1 Å². The molecule has 0 radical (unpaired) electrons. The average Bonchev–Trinajstić information content (AvgIpc) is 3.08. The molecule has 0 atom stereocenters. The number of hydrogen-bond donors (Lipinski definition) is 3. The lowest BCUT2D eigenvalue weighted by Gasteiger charge is -2.09. The van der Waals surface area contributed by atoms with Crippen LogP contribution < -0.4 is 10.6 Å². The third-order valence-electron chi connectivity index (χ3n) is 2.95. The Kier molecular flexibility index (Phi) is 4.94. The van der Waals surface area contributed by atoms with E-state index < -0.39 is 6.03 Å². The topological polar surface area (TPSA) is 121 Å². The van der Waals surface area contributed by atoms with Gasteiger partial charge in [0.25, 0.3) is 0 Å². The van der Waals surface area contributed by atoms with Gasteiger partial charge in [-0.3, -0.25) is 25.2 Å². The number of likely N-dealkylation sites (N-methyl/N-ethyl adjacent to an activating group) is 1. The maximum absolute atomic E-state index is 11.9. The second-order valence-electron chi connectivity index (χ2n) is 5.46. The van der Waals surface area contributed by atoms with Crippen LogP contribution in [-0.4, -0.2) is 55.9 Å². The predicted octanol–water partition coefficient (Wildman–Crippen LogP) is 0.857. The highest BCUT2D eigenvalue weighted by atomic mass is 16.2. The zero-order valence-corrected chi connectivity index (χ0v) is 13.5. The third-order valence-corrected chi connectivity index (χ3v) is 2.95.